The molecule has 1 atom stereocenters. The fourth-order valence-corrected chi connectivity index (χ4v) is 1.83. The molecular formula is C12H16N2O2. The van der Waals surface area contributed by atoms with Crippen LogP contribution in [-0.2, 0) is 7.05 Å². The van der Waals surface area contributed by atoms with Crippen LogP contribution in [0.5, 0.6) is 0 Å². The second-order valence-electron chi connectivity index (χ2n) is 3.99. The van der Waals surface area contributed by atoms with Crippen LogP contribution in [0.1, 0.15) is 23.9 Å². The van der Waals surface area contributed by atoms with Crippen LogP contribution in [0.4, 0.5) is 0 Å². The molecule has 0 fully saturated rings. The zero-order chi connectivity index (χ0) is 11.7. The Morgan fingerprint density at radius 1 is 1.44 bits per heavy atom. The van der Waals surface area contributed by atoms with Crippen molar-refractivity contribution in [3.63, 3.8) is 0 Å². The molecule has 0 spiro atoms. The fourth-order valence-electron chi connectivity index (χ4n) is 1.83. The molecule has 0 aliphatic rings. The van der Waals surface area contributed by atoms with Crippen LogP contribution < -0.4 is 0 Å². The van der Waals surface area contributed by atoms with Gasteiger partial charge < -0.3 is 14.8 Å². The number of hydrogen-bond donors (Lipinski definition) is 2. The number of aliphatic hydroxyl groups is 2. The lowest BCUT2D eigenvalue weighted by molar-refractivity contribution is 0.134. The first kappa shape index (κ1) is 11.1. The third-order valence-electron chi connectivity index (χ3n) is 2.92. The Balaban J connectivity index is 2.44. The maximum Gasteiger partial charge on any atom is 0.106 e. The van der Waals surface area contributed by atoms with Gasteiger partial charge in [-0.2, -0.15) is 0 Å². The largest absolute Gasteiger partial charge is 0.396 e. The van der Waals surface area contributed by atoms with E-state index >= 15 is 0 Å². The van der Waals surface area contributed by atoms with Crippen molar-refractivity contribution in [3.8, 4) is 0 Å². The van der Waals surface area contributed by atoms with Crippen LogP contribution >= 0.6 is 0 Å². The van der Waals surface area contributed by atoms with E-state index in [1.54, 1.807) is 0 Å². The molecule has 86 valence electrons. The molecule has 1 aromatic heterocycles. The number of imidazole rings is 1. The van der Waals surface area contributed by atoms with Gasteiger partial charge in [0.1, 0.15) is 5.82 Å². The molecule has 0 radical (unpaired) electrons. The van der Waals surface area contributed by atoms with Crippen molar-refractivity contribution in [3.05, 3.63) is 29.6 Å². The van der Waals surface area contributed by atoms with Crippen LogP contribution in [0.2, 0.25) is 0 Å². The van der Waals surface area contributed by atoms with Gasteiger partial charge in [-0.15, -0.1) is 0 Å². The van der Waals surface area contributed by atoms with E-state index in [4.69, 9.17) is 5.11 Å². The molecule has 0 saturated carbocycles. The van der Waals surface area contributed by atoms with Crippen LogP contribution in [0.3, 0.4) is 0 Å². The average molecular weight is 220 g/mol. The first-order valence-corrected chi connectivity index (χ1v) is 5.35. The highest BCUT2D eigenvalue weighted by atomic mass is 16.3. The fraction of sp³-hybridized carbons (Fsp3) is 0.417. The molecule has 1 aromatic carbocycles. The summed E-state index contributed by atoms with van der Waals surface area (Å²) in [5.41, 5.74) is 2.74. The molecule has 0 saturated heterocycles. The molecule has 2 N–H and O–H groups in total. The van der Waals surface area contributed by atoms with Gasteiger partial charge in [-0.1, -0.05) is 6.07 Å². The highest BCUT2D eigenvalue weighted by molar-refractivity contribution is 5.76. The van der Waals surface area contributed by atoms with E-state index in [1.165, 1.54) is 0 Å². The van der Waals surface area contributed by atoms with E-state index in [-0.39, 0.29) is 6.61 Å². The normalized spacial score (nSPS) is 13.2. The molecule has 0 bridgehead atoms. The van der Waals surface area contributed by atoms with Crippen molar-refractivity contribution in [2.75, 3.05) is 6.61 Å². The summed E-state index contributed by atoms with van der Waals surface area (Å²) in [6, 6.07) is 5.71. The monoisotopic (exact) mass is 220 g/mol. The summed E-state index contributed by atoms with van der Waals surface area (Å²) in [7, 11) is 1.97. The Morgan fingerprint density at radius 2 is 2.19 bits per heavy atom. The summed E-state index contributed by atoms with van der Waals surface area (Å²) in [6.07, 6.45) is -0.256. The molecule has 16 heavy (non-hydrogen) atoms. The van der Waals surface area contributed by atoms with Crippen LogP contribution in [0.25, 0.3) is 11.0 Å². The minimum atomic E-state index is -0.614. The Bertz CT molecular complexity index is 505. The lowest BCUT2D eigenvalue weighted by Crippen LogP contribution is -2.00. The Hall–Kier alpha value is -1.39. The van der Waals surface area contributed by atoms with Gasteiger partial charge in [0.15, 0.2) is 0 Å². The summed E-state index contributed by atoms with van der Waals surface area (Å²) >= 11 is 0. The zero-order valence-corrected chi connectivity index (χ0v) is 9.51. The van der Waals surface area contributed by atoms with Crippen LogP contribution in [0.15, 0.2) is 18.2 Å². The molecule has 0 aliphatic heterocycles. The number of aromatic nitrogens is 2. The molecule has 0 aliphatic carbocycles. The molecule has 0 unspecified atom stereocenters. The number of hydrogen-bond acceptors (Lipinski definition) is 3. The minimum Gasteiger partial charge on any atom is -0.396 e. The number of aliphatic hydroxyl groups excluding tert-OH is 2. The van der Waals surface area contributed by atoms with Crippen molar-refractivity contribution in [2.24, 2.45) is 7.05 Å². The first-order valence-electron chi connectivity index (χ1n) is 5.35. The van der Waals surface area contributed by atoms with Crippen molar-refractivity contribution in [2.45, 2.75) is 19.4 Å². The molecule has 4 nitrogen and oxygen atoms in total. The van der Waals surface area contributed by atoms with Gasteiger partial charge in [0.25, 0.3) is 0 Å². The van der Waals surface area contributed by atoms with Gasteiger partial charge in [-0.3, -0.25) is 0 Å². The van der Waals surface area contributed by atoms with Gasteiger partial charge >= 0.3 is 0 Å². The van der Waals surface area contributed by atoms with Crippen LogP contribution in [-0.4, -0.2) is 26.4 Å². The number of rotatable bonds is 3. The van der Waals surface area contributed by atoms with Gasteiger partial charge in [0.2, 0.25) is 0 Å². The molecule has 2 rings (SSSR count). The maximum atomic E-state index is 9.76. The maximum absolute atomic E-state index is 9.76. The lowest BCUT2D eigenvalue weighted by Gasteiger charge is -2.08. The Labute approximate surface area is 94.2 Å². The summed E-state index contributed by atoms with van der Waals surface area (Å²) in [5.74, 6) is 0.948. The topological polar surface area (TPSA) is 58.3 Å². The summed E-state index contributed by atoms with van der Waals surface area (Å²) in [6.45, 7) is 1.93. The third kappa shape index (κ3) is 1.81. The smallest absolute Gasteiger partial charge is 0.106 e. The van der Waals surface area contributed by atoms with Crippen molar-refractivity contribution < 1.29 is 10.2 Å². The zero-order valence-electron chi connectivity index (χ0n) is 9.51. The standard InChI is InChI=1S/C12H16N2O2/c1-8-13-10-7-9(12(16)5-6-15)3-4-11(10)14(8)2/h3-4,7,12,15-16H,5-6H2,1-2H3/t12-/m0/s1. The van der Waals surface area contributed by atoms with Crippen LogP contribution in [0, 0.1) is 6.92 Å². The minimum absolute atomic E-state index is 0.0134. The van der Waals surface area contributed by atoms with Crippen molar-refractivity contribution in [1.82, 2.24) is 9.55 Å². The summed E-state index contributed by atoms with van der Waals surface area (Å²) in [4.78, 5) is 4.41. The second-order valence-corrected chi connectivity index (χ2v) is 3.99. The van der Waals surface area contributed by atoms with Gasteiger partial charge in [-0.25, -0.2) is 4.98 Å². The highest BCUT2D eigenvalue weighted by Crippen LogP contribution is 2.22. The quantitative estimate of drug-likeness (QED) is 0.819. The molecule has 2 aromatic rings. The molecular weight excluding hydrogens is 204 g/mol. The van der Waals surface area contributed by atoms with Gasteiger partial charge in [0, 0.05) is 20.1 Å². The number of benzene rings is 1. The van der Waals surface area contributed by atoms with Gasteiger partial charge in [0.05, 0.1) is 17.1 Å². The van der Waals surface area contributed by atoms with E-state index < -0.39 is 6.10 Å². The predicted molar refractivity (Wildman–Crippen MR) is 62.1 cm³/mol. The average Bonchev–Trinajstić information content (AvgIpc) is 2.55. The molecule has 0 amide bonds. The number of fused-ring (bicyclic) bond motifs is 1. The number of aryl methyl sites for hydroxylation is 2. The van der Waals surface area contributed by atoms with Crippen molar-refractivity contribution in [1.29, 1.82) is 0 Å². The highest BCUT2D eigenvalue weighted by Gasteiger charge is 2.10. The lowest BCUT2D eigenvalue weighted by atomic mass is 10.1. The second kappa shape index (κ2) is 4.23. The summed E-state index contributed by atoms with van der Waals surface area (Å²) in [5, 5.41) is 18.5. The van der Waals surface area contributed by atoms with Gasteiger partial charge in [-0.05, 0) is 24.6 Å². The van der Waals surface area contributed by atoms with E-state index in [2.05, 4.69) is 4.98 Å². The molecule has 1 heterocycles. The third-order valence-corrected chi connectivity index (χ3v) is 2.92. The van der Waals surface area contributed by atoms with E-state index in [1.807, 2.05) is 36.7 Å². The SMILES string of the molecule is Cc1nc2cc([C@@H](O)CCO)ccc2n1C. The Morgan fingerprint density at radius 3 is 2.88 bits per heavy atom. The predicted octanol–water partition coefficient (Wildman–Crippen LogP) is 1.30. The Kier molecular flexibility index (Phi) is 2.94. The van der Waals surface area contributed by atoms with E-state index in [0.717, 1.165) is 22.4 Å². The van der Waals surface area contributed by atoms with Crippen molar-refractivity contribution >= 4 is 11.0 Å². The summed E-state index contributed by atoms with van der Waals surface area (Å²) < 4.78 is 2.01. The first-order chi connectivity index (χ1) is 7.63. The molecule has 4 heteroatoms. The number of nitrogens with zero attached hydrogens (tertiary/aromatic N) is 2. The van der Waals surface area contributed by atoms with E-state index in [9.17, 15) is 5.11 Å². The van der Waals surface area contributed by atoms with E-state index in [0.29, 0.717) is 6.42 Å².